The number of hydrogen-bond acceptors (Lipinski definition) is 6. The van der Waals surface area contributed by atoms with E-state index in [1.807, 2.05) is 24.3 Å². The fourth-order valence-electron chi connectivity index (χ4n) is 2.56. The summed E-state index contributed by atoms with van der Waals surface area (Å²) in [6, 6.07) is 14.4. The first kappa shape index (κ1) is 19.7. The summed E-state index contributed by atoms with van der Waals surface area (Å²) in [4.78, 5) is 6.58. The zero-order valence-corrected chi connectivity index (χ0v) is 17.3. The van der Waals surface area contributed by atoms with E-state index < -0.39 is 10.0 Å². The molecule has 27 heavy (non-hydrogen) atoms. The minimum atomic E-state index is -3.65. The van der Waals surface area contributed by atoms with Gasteiger partial charge in [-0.1, -0.05) is 28.1 Å². The van der Waals surface area contributed by atoms with Crippen molar-refractivity contribution in [2.24, 2.45) is 4.99 Å². The molecule has 9 heteroatoms. The van der Waals surface area contributed by atoms with Gasteiger partial charge in [-0.25, -0.2) is 18.1 Å². The molecule has 1 heterocycles. The standard InChI is InChI=1S/C18H21BrN4O3S/c1-26-16-6-2-14(3-7-16)10-11-23-12-20-18(21-13-23)22-27(24,25)17-8-4-15(19)5-9-17/h2-9H,10-13H2,1H3,(H2,20,21,22). The molecule has 144 valence electrons. The Bertz CT molecular complexity index is 899. The first-order chi connectivity index (χ1) is 13.0. The number of guanidine groups is 1. The van der Waals surface area contributed by atoms with Gasteiger partial charge in [0.25, 0.3) is 10.0 Å². The number of methoxy groups -OCH3 is 1. The summed E-state index contributed by atoms with van der Waals surface area (Å²) in [6.07, 6.45) is 0.876. The zero-order valence-electron chi connectivity index (χ0n) is 14.9. The quantitative estimate of drug-likeness (QED) is 0.701. The van der Waals surface area contributed by atoms with Crippen LogP contribution in [0.25, 0.3) is 0 Å². The summed E-state index contributed by atoms with van der Waals surface area (Å²) in [5, 5.41) is 3.02. The summed E-state index contributed by atoms with van der Waals surface area (Å²) in [7, 11) is -2.00. The number of aliphatic imine (C=N–C) groups is 1. The molecule has 2 aromatic carbocycles. The highest BCUT2D eigenvalue weighted by atomic mass is 79.9. The molecular weight excluding hydrogens is 432 g/mol. The molecule has 3 rings (SSSR count). The summed E-state index contributed by atoms with van der Waals surface area (Å²) >= 11 is 3.29. The van der Waals surface area contributed by atoms with Crippen LogP contribution < -0.4 is 14.8 Å². The highest BCUT2D eigenvalue weighted by molar-refractivity contribution is 9.10. The molecule has 0 unspecified atom stereocenters. The molecule has 0 spiro atoms. The highest BCUT2D eigenvalue weighted by Gasteiger charge is 2.19. The second-order valence-electron chi connectivity index (χ2n) is 6.03. The first-order valence-electron chi connectivity index (χ1n) is 8.38. The van der Waals surface area contributed by atoms with Gasteiger partial charge >= 0.3 is 0 Å². The Morgan fingerprint density at radius 2 is 1.89 bits per heavy atom. The lowest BCUT2D eigenvalue weighted by atomic mass is 10.1. The molecule has 7 nitrogen and oxygen atoms in total. The minimum Gasteiger partial charge on any atom is -0.497 e. The molecule has 0 aromatic heterocycles. The van der Waals surface area contributed by atoms with Crippen LogP contribution in [0.15, 0.2) is 62.9 Å². The Balaban J connectivity index is 1.52. The topological polar surface area (TPSA) is 83.0 Å². The maximum atomic E-state index is 12.4. The Morgan fingerprint density at radius 1 is 1.19 bits per heavy atom. The molecule has 0 fully saturated rings. The smallest absolute Gasteiger partial charge is 0.264 e. The van der Waals surface area contributed by atoms with Gasteiger partial charge in [0, 0.05) is 11.0 Å². The second-order valence-corrected chi connectivity index (χ2v) is 8.63. The lowest BCUT2D eigenvalue weighted by molar-refractivity contribution is 0.267. The lowest BCUT2D eigenvalue weighted by Crippen LogP contribution is -2.50. The van der Waals surface area contributed by atoms with Crippen LogP contribution in [0.1, 0.15) is 5.56 Å². The van der Waals surface area contributed by atoms with Crippen molar-refractivity contribution in [1.82, 2.24) is 14.9 Å². The number of ether oxygens (including phenoxy) is 1. The van der Waals surface area contributed by atoms with Crippen LogP contribution in [0.4, 0.5) is 0 Å². The molecule has 2 N–H and O–H groups in total. The molecule has 0 aliphatic carbocycles. The minimum absolute atomic E-state index is 0.192. The Kier molecular flexibility index (Phi) is 6.35. The van der Waals surface area contributed by atoms with E-state index in [1.165, 1.54) is 17.7 Å². The van der Waals surface area contributed by atoms with E-state index in [0.29, 0.717) is 13.3 Å². The van der Waals surface area contributed by atoms with Crippen LogP contribution in [0, 0.1) is 0 Å². The van der Waals surface area contributed by atoms with Gasteiger partial charge in [-0.3, -0.25) is 4.90 Å². The molecule has 0 saturated carbocycles. The third-order valence-corrected chi connectivity index (χ3v) is 6.01. The van der Waals surface area contributed by atoms with E-state index in [2.05, 4.69) is 35.9 Å². The number of rotatable bonds is 6. The fourth-order valence-corrected chi connectivity index (χ4v) is 3.83. The van der Waals surface area contributed by atoms with Gasteiger partial charge in [-0.05, 0) is 48.4 Å². The normalized spacial score (nSPS) is 15.0. The van der Waals surface area contributed by atoms with Crippen molar-refractivity contribution in [2.45, 2.75) is 11.3 Å². The molecule has 1 aliphatic rings. The van der Waals surface area contributed by atoms with Gasteiger partial charge in [0.05, 0.1) is 25.3 Å². The fraction of sp³-hybridized carbons (Fsp3) is 0.278. The Morgan fingerprint density at radius 3 is 2.48 bits per heavy atom. The van der Waals surface area contributed by atoms with Crippen molar-refractivity contribution in [3.05, 3.63) is 58.6 Å². The largest absolute Gasteiger partial charge is 0.497 e. The third kappa shape index (κ3) is 5.44. The van der Waals surface area contributed by atoms with Crippen molar-refractivity contribution in [1.29, 1.82) is 0 Å². The maximum absolute atomic E-state index is 12.4. The Hall–Kier alpha value is -2.10. The van der Waals surface area contributed by atoms with E-state index in [9.17, 15) is 8.42 Å². The van der Waals surface area contributed by atoms with Gasteiger partial charge in [0.2, 0.25) is 5.96 Å². The average Bonchev–Trinajstić information content (AvgIpc) is 2.68. The Labute approximate surface area is 167 Å². The number of sulfonamides is 1. The molecular formula is C18H21BrN4O3S. The van der Waals surface area contributed by atoms with Gasteiger partial charge in [-0.15, -0.1) is 0 Å². The monoisotopic (exact) mass is 452 g/mol. The van der Waals surface area contributed by atoms with Crippen molar-refractivity contribution >= 4 is 31.9 Å². The lowest BCUT2D eigenvalue weighted by Gasteiger charge is -2.27. The van der Waals surface area contributed by atoms with Gasteiger partial charge in [0.1, 0.15) is 5.75 Å². The van der Waals surface area contributed by atoms with E-state index in [1.54, 1.807) is 19.2 Å². The predicted octanol–water partition coefficient (Wildman–Crippen LogP) is 2.15. The van der Waals surface area contributed by atoms with Gasteiger partial charge in [0.15, 0.2) is 0 Å². The molecule has 0 saturated heterocycles. The number of benzene rings is 2. The molecule has 0 bridgehead atoms. The third-order valence-electron chi connectivity index (χ3n) is 4.13. The SMILES string of the molecule is COc1ccc(CCN2CN=C(NS(=O)(=O)c3ccc(Br)cc3)NC2)cc1. The van der Waals surface area contributed by atoms with Gasteiger partial charge < -0.3 is 10.1 Å². The predicted molar refractivity (Wildman–Crippen MR) is 108 cm³/mol. The van der Waals surface area contributed by atoms with Crippen molar-refractivity contribution in [3.8, 4) is 5.75 Å². The number of hydrogen-bond donors (Lipinski definition) is 2. The van der Waals surface area contributed by atoms with Crippen LogP contribution in [-0.2, 0) is 16.4 Å². The summed E-state index contributed by atoms with van der Waals surface area (Å²) < 4.78 is 33.2. The summed E-state index contributed by atoms with van der Waals surface area (Å²) in [5.74, 6) is 1.10. The van der Waals surface area contributed by atoms with Gasteiger partial charge in [-0.2, -0.15) is 0 Å². The molecule has 0 amide bonds. The van der Waals surface area contributed by atoms with Crippen LogP contribution in [-0.4, -0.2) is 46.3 Å². The van der Waals surface area contributed by atoms with Crippen molar-refractivity contribution < 1.29 is 13.2 Å². The number of nitrogens with zero attached hydrogens (tertiary/aromatic N) is 2. The van der Waals surface area contributed by atoms with Crippen LogP contribution in [0.2, 0.25) is 0 Å². The molecule has 0 radical (unpaired) electrons. The first-order valence-corrected chi connectivity index (χ1v) is 10.7. The second kappa shape index (κ2) is 8.73. The summed E-state index contributed by atoms with van der Waals surface area (Å²) in [5.41, 5.74) is 1.21. The molecule has 1 aliphatic heterocycles. The van der Waals surface area contributed by atoms with Crippen molar-refractivity contribution in [3.63, 3.8) is 0 Å². The summed E-state index contributed by atoms with van der Waals surface area (Å²) in [6.45, 7) is 1.77. The van der Waals surface area contributed by atoms with Crippen LogP contribution in [0.5, 0.6) is 5.75 Å². The van der Waals surface area contributed by atoms with Crippen LogP contribution in [0.3, 0.4) is 0 Å². The molecule has 2 aromatic rings. The van der Waals surface area contributed by atoms with E-state index in [4.69, 9.17) is 4.74 Å². The zero-order chi connectivity index (χ0) is 19.3. The average molecular weight is 453 g/mol. The number of nitrogens with one attached hydrogen (secondary N) is 2. The highest BCUT2D eigenvalue weighted by Crippen LogP contribution is 2.15. The van der Waals surface area contributed by atoms with Crippen LogP contribution >= 0.6 is 15.9 Å². The van der Waals surface area contributed by atoms with E-state index >= 15 is 0 Å². The maximum Gasteiger partial charge on any atom is 0.264 e. The van der Waals surface area contributed by atoms with E-state index in [-0.39, 0.29) is 10.9 Å². The van der Waals surface area contributed by atoms with E-state index in [0.717, 1.165) is 23.2 Å². The number of halogens is 1. The molecule has 0 atom stereocenters. The van der Waals surface area contributed by atoms with Crippen molar-refractivity contribution in [2.75, 3.05) is 27.0 Å².